The quantitative estimate of drug-likeness (QED) is 0.812. The van der Waals surface area contributed by atoms with Gasteiger partial charge in [0.05, 0.1) is 24.5 Å². The zero-order valence-electron chi connectivity index (χ0n) is 10.1. The van der Waals surface area contributed by atoms with E-state index in [9.17, 15) is 0 Å². The smallest absolute Gasteiger partial charge is 0.145 e. The highest BCUT2D eigenvalue weighted by Crippen LogP contribution is 2.27. The van der Waals surface area contributed by atoms with Crippen molar-refractivity contribution in [1.29, 1.82) is 5.26 Å². The SMILES string of the molecule is C=COC(=C)c1cc(-c2cnc[nH]2)c(C#N)c(N)n1. The van der Waals surface area contributed by atoms with Crippen LogP contribution in [0.15, 0.2) is 38.0 Å². The van der Waals surface area contributed by atoms with Crippen LogP contribution >= 0.6 is 0 Å². The maximum atomic E-state index is 9.16. The highest BCUT2D eigenvalue weighted by molar-refractivity contribution is 5.76. The minimum atomic E-state index is 0.110. The van der Waals surface area contributed by atoms with Gasteiger partial charge in [-0.25, -0.2) is 9.97 Å². The number of hydrogen-bond donors (Lipinski definition) is 2. The van der Waals surface area contributed by atoms with Crippen LogP contribution in [-0.2, 0) is 4.74 Å². The fraction of sp³-hybridized carbons (Fsp3) is 0. The molecular weight excluding hydrogens is 242 g/mol. The Morgan fingerprint density at radius 3 is 2.95 bits per heavy atom. The lowest BCUT2D eigenvalue weighted by molar-refractivity contribution is 0.438. The van der Waals surface area contributed by atoms with Crippen LogP contribution in [0.25, 0.3) is 17.0 Å². The Balaban J connectivity index is 2.61. The van der Waals surface area contributed by atoms with Crippen LogP contribution < -0.4 is 5.73 Å². The van der Waals surface area contributed by atoms with E-state index in [0.717, 1.165) is 0 Å². The van der Waals surface area contributed by atoms with Gasteiger partial charge in [-0.05, 0) is 6.07 Å². The summed E-state index contributed by atoms with van der Waals surface area (Å²) in [4.78, 5) is 10.9. The van der Waals surface area contributed by atoms with E-state index in [1.165, 1.54) is 12.6 Å². The molecule has 0 aliphatic heterocycles. The van der Waals surface area contributed by atoms with Crippen LogP contribution in [0, 0.1) is 11.3 Å². The number of nitrogens with zero attached hydrogens (tertiary/aromatic N) is 3. The van der Waals surface area contributed by atoms with E-state index in [0.29, 0.717) is 22.7 Å². The van der Waals surface area contributed by atoms with E-state index in [1.54, 1.807) is 12.3 Å². The summed E-state index contributed by atoms with van der Waals surface area (Å²) in [6, 6.07) is 3.69. The molecule has 0 aliphatic carbocycles. The molecule has 19 heavy (non-hydrogen) atoms. The summed E-state index contributed by atoms with van der Waals surface area (Å²) in [5, 5.41) is 9.16. The molecular formula is C13H11N5O. The number of pyridine rings is 1. The molecule has 2 aromatic heterocycles. The van der Waals surface area contributed by atoms with Gasteiger partial charge < -0.3 is 15.5 Å². The lowest BCUT2D eigenvalue weighted by Gasteiger charge is -2.09. The van der Waals surface area contributed by atoms with E-state index in [1.807, 2.05) is 6.07 Å². The van der Waals surface area contributed by atoms with E-state index in [-0.39, 0.29) is 11.4 Å². The summed E-state index contributed by atoms with van der Waals surface area (Å²) < 4.78 is 5.07. The third-order valence-corrected chi connectivity index (χ3v) is 2.46. The van der Waals surface area contributed by atoms with Crippen LogP contribution in [0.1, 0.15) is 11.3 Å². The van der Waals surface area contributed by atoms with E-state index >= 15 is 0 Å². The van der Waals surface area contributed by atoms with Crippen molar-refractivity contribution in [3.8, 4) is 17.3 Å². The number of rotatable bonds is 4. The number of aromatic nitrogens is 3. The van der Waals surface area contributed by atoms with Gasteiger partial charge in [0.1, 0.15) is 28.9 Å². The molecule has 0 spiro atoms. The third-order valence-electron chi connectivity index (χ3n) is 2.46. The molecule has 0 amide bonds. The number of ether oxygens (including phenoxy) is 1. The molecule has 0 saturated carbocycles. The van der Waals surface area contributed by atoms with E-state index in [4.69, 9.17) is 15.7 Å². The molecule has 2 aromatic rings. The van der Waals surface area contributed by atoms with Crippen molar-refractivity contribution in [2.24, 2.45) is 0 Å². The average Bonchev–Trinajstić information content (AvgIpc) is 2.91. The Labute approximate surface area is 109 Å². The minimum Gasteiger partial charge on any atom is -0.464 e. The molecule has 2 heterocycles. The number of anilines is 1. The summed E-state index contributed by atoms with van der Waals surface area (Å²) in [7, 11) is 0. The van der Waals surface area contributed by atoms with Gasteiger partial charge in [-0.2, -0.15) is 5.26 Å². The largest absolute Gasteiger partial charge is 0.464 e. The summed E-state index contributed by atoms with van der Waals surface area (Å²) in [5.41, 5.74) is 7.75. The molecule has 0 radical (unpaired) electrons. The maximum absolute atomic E-state index is 9.16. The van der Waals surface area contributed by atoms with Crippen LogP contribution in [0.5, 0.6) is 0 Å². The molecule has 0 saturated heterocycles. The van der Waals surface area contributed by atoms with Crippen molar-refractivity contribution in [1.82, 2.24) is 15.0 Å². The number of nitriles is 1. The normalized spacial score (nSPS) is 9.63. The molecule has 0 unspecified atom stereocenters. The average molecular weight is 253 g/mol. The molecule has 0 aromatic carbocycles. The van der Waals surface area contributed by atoms with Crippen molar-refractivity contribution in [2.45, 2.75) is 0 Å². The summed E-state index contributed by atoms with van der Waals surface area (Å²) >= 11 is 0. The number of nitrogens with one attached hydrogen (secondary N) is 1. The number of aromatic amines is 1. The van der Waals surface area contributed by atoms with Gasteiger partial charge in [0.25, 0.3) is 0 Å². The fourth-order valence-electron chi connectivity index (χ4n) is 1.60. The molecule has 0 aliphatic rings. The third kappa shape index (κ3) is 2.30. The van der Waals surface area contributed by atoms with Gasteiger partial charge >= 0.3 is 0 Å². The zero-order chi connectivity index (χ0) is 13.8. The van der Waals surface area contributed by atoms with Gasteiger partial charge in [0, 0.05) is 5.56 Å². The Hall–Kier alpha value is -3.07. The van der Waals surface area contributed by atoms with Gasteiger partial charge in [-0.1, -0.05) is 13.2 Å². The van der Waals surface area contributed by atoms with E-state index in [2.05, 4.69) is 28.1 Å². The fourth-order valence-corrected chi connectivity index (χ4v) is 1.60. The van der Waals surface area contributed by atoms with Gasteiger partial charge in [-0.3, -0.25) is 0 Å². The molecule has 0 bridgehead atoms. The standard InChI is InChI=1S/C13H11N5O/c1-3-19-8(2)11-4-9(12-6-16-7-17-12)10(5-14)13(15)18-11/h3-4,6-7H,1-2H2,(H2,15,18)(H,16,17). The van der Waals surface area contributed by atoms with Crippen LogP contribution in [0.4, 0.5) is 5.82 Å². The molecule has 6 heteroatoms. The first-order chi connectivity index (χ1) is 9.17. The van der Waals surface area contributed by atoms with Gasteiger partial charge in [-0.15, -0.1) is 0 Å². The highest BCUT2D eigenvalue weighted by atomic mass is 16.5. The number of H-pyrrole nitrogens is 1. The molecule has 0 fully saturated rings. The second-order valence-electron chi connectivity index (χ2n) is 3.60. The van der Waals surface area contributed by atoms with Crippen molar-refractivity contribution < 1.29 is 4.74 Å². The van der Waals surface area contributed by atoms with Crippen molar-refractivity contribution in [3.63, 3.8) is 0 Å². The Morgan fingerprint density at radius 2 is 2.37 bits per heavy atom. The van der Waals surface area contributed by atoms with Crippen LogP contribution in [0.3, 0.4) is 0 Å². The number of hydrogen-bond acceptors (Lipinski definition) is 5. The van der Waals surface area contributed by atoms with Gasteiger partial charge in [0.15, 0.2) is 0 Å². The predicted octanol–water partition coefficient (Wildman–Crippen LogP) is 2.06. The summed E-state index contributed by atoms with van der Waals surface area (Å²) in [6.45, 7) is 7.16. The molecule has 0 atom stereocenters. The van der Waals surface area contributed by atoms with Crippen molar-refractivity contribution >= 4 is 11.6 Å². The van der Waals surface area contributed by atoms with Crippen LogP contribution in [0.2, 0.25) is 0 Å². The summed E-state index contributed by atoms with van der Waals surface area (Å²) in [6.07, 6.45) is 4.35. The van der Waals surface area contributed by atoms with Crippen LogP contribution in [-0.4, -0.2) is 15.0 Å². The maximum Gasteiger partial charge on any atom is 0.145 e. The lowest BCUT2D eigenvalue weighted by Crippen LogP contribution is -2.02. The predicted molar refractivity (Wildman–Crippen MR) is 71.3 cm³/mol. The first-order valence-electron chi connectivity index (χ1n) is 5.33. The summed E-state index contributed by atoms with van der Waals surface area (Å²) in [5.74, 6) is 0.408. The topological polar surface area (TPSA) is 101 Å². The first kappa shape index (κ1) is 12.4. The number of nitrogens with two attached hydrogens (primary N) is 1. The van der Waals surface area contributed by atoms with Gasteiger partial charge in [0.2, 0.25) is 0 Å². The zero-order valence-corrected chi connectivity index (χ0v) is 10.1. The number of nitrogen functional groups attached to an aromatic ring is 1. The van der Waals surface area contributed by atoms with Crippen molar-refractivity contribution in [2.75, 3.05) is 5.73 Å². The number of imidazole rings is 1. The Morgan fingerprint density at radius 1 is 1.58 bits per heavy atom. The Bertz CT molecular complexity index is 667. The molecule has 3 N–H and O–H groups in total. The lowest BCUT2D eigenvalue weighted by atomic mass is 10.1. The van der Waals surface area contributed by atoms with Crippen molar-refractivity contribution in [3.05, 3.63) is 49.3 Å². The monoisotopic (exact) mass is 253 g/mol. The molecule has 94 valence electrons. The second-order valence-corrected chi connectivity index (χ2v) is 3.60. The van der Waals surface area contributed by atoms with E-state index < -0.39 is 0 Å². The highest BCUT2D eigenvalue weighted by Gasteiger charge is 2.14. The minimum absolute atomic E-state index is 0.110. The molecule has 6 nitrogen and oxygen atoms in total. The second kappa shape index (κ2) is 5.06. The molecule has 2 rings (SSSR count). The first-order valence-corrected chi connectivity index (χ1v) is 5.33. The Kier molecular flexibility index (Phi) is 3.30.